The number of carbonyl (C=O) groups is 4. The van der Waals surface area contributed by atoms with Gasteiger partial charge in [0.15, 0.2) is 0 Å². The summed E-state index contributed by atoms with van der Waals surface area (Å²) < 4.78 is 23.8. The average molecular weight is 887 g/mol. The summed E-state index contributed by atoms with van der Waals surface area (Å²) in [5.41, 5.74) is 2.68. The average Bonchev–Trinajstić information content (AvgIpc) is 3.78. The Bertz CT molecular complexity index is 2030. The van der Waals surface area contributed by atoms with Crippen LogP contribution in [-0.2, 0) is 19.1 Å². The molecule has 6 rings (SSSR count). The number of ether oxygens (including phenoxy) is 4. The van der Waals surface area contributed by atoms with E-state index < -0.39 is 58.2 Å². The van der Waals surface area contributed by atoms with Crippen LogP contribution >= 0.6 is 0 Å². The molecule has 2 N–H and O–H groups in total. The molecule has 0 saturated carbocycles. The Hall–Kier alpha value is -4.77. The normalized spacial score (nSPS) is 20.6. The fraction of sp³-hybridized carbons (Fsp3) is 0.522. The number of terminal acetylenes is 1. The van der Waals surface area contributed by atoms with Gasteiger partial charge in [-0.15, -0.1) is 12.3 Å². The van der Waals surface area contributed by atoms with Crippen molar-refractivity contribution in [2.24, 2.45) is 5.92 Å². The molecule has 4 heterocycles. The highest BCUT2D eigenvalue weighted by atomic mass is 28.3. The van der Waals surface area contributed by atoms with E-state index in [1.54, 1.807) is 0 Å². The van der Waals surface area contributed by atoms with Crippen molar-refractivity contribution < 1.29 is 48.3 Å². The van der Waals surface area contributed by atoms with Crippen LogP contribution in [0.1, 0.15) is 63.3 Å². The van der Waals surface area contributed by atoms with E-state index in [9.17, 15) is 29.4 Å². The van der Waals surface area contributed by atoms with Gasteiger partial charge in [-0.3, -0.25) is 29.0 Å². The molecule has 0 bridgehead atoms. The Morgan fingerprint density at radius 1 is 0.710 bits per heavy atom. The monoisotopic (exact) mass is 886 g/mol. The topological polar surface area (TPSA) is 159 Å². The number of methoxy groups -OCH3 is 2. The Kier molecular flexibility index (Phi) is 14.0. The molecule has 4 atom stereocenters. The van der Waals surface area contributed by atoms with Crippen molar-refractivity contribution in [3.63, 3.8) is 0 Å². The number of fused-ring (bicyclic) bond motifs is 4. The van der Waals surface area contributed by atoms with Crippen molar-refractivity contribution in [1.82, 2.24) is 9.80 Å². The summed E-state index contributed by atoms with van der Waals surface area (Å²) in [5, 5.41) is 24.8. The first kappa shape index (κ1) is 46.7. The van der Waals surface area contributed by atoms with Gasteiger partial charge >= 0.3 is 0 Å². The van der Waals surface area contributed by atoms with Crippen molar-refractivity contribution in [3.8, 4) is 23.8 Å². The quantitative estimate of drug-likeness (QED) is 0.0840. The van der Waals surface area contributed by atoms with Crippen molar-refractivity contribution in [1.29, 1.82) is 0 Å². The van der Waals surface area contributed by atoms with Crippen LogP contribution in [0.5, 0.6) is 11.5 Å². The van der Waals surface area contributed by atoms with Crippen molar-refractivity contribution in [2.75, 3.05) is 63.8 Å². The van der Waals surface area contributed by atoms with E-state index in [1.165, 1.54) is 58.1 Å². The first-order chi connectivity index (χ1) is 29.2. The van der Waals surface area contributed by atoms with E-state index in [2.05, 4.69) is 58.4 Å². The lowest BCUT2D eigenvalue weighted by atomic mass is 9.83. The Morgan fingerprint density at radius 2 is 1.10 bits per heavy atom. The van der Waals surface area contributed by atoms with Crippen molar-refractivity contribution in [2.45, 2.75) is 94.9 Å². The molecule has 4 unspecified atom stereocenters. The Balaban J connectivity index is 1.42. The highest BCUT2D eigenvalue weighted by Gasteiger charge is 2.46. The number of aliphatic hydroxyl groups excluding tert-OH is 2. The van der Waals surface area contributed by atoms with Gasteiger partial charge in [-0.2, -0.15) is 0 Å². The molecule has 0 radical (unpaired) electrons. The molecule has 4 amide bonds. The molecule has 16 heteroatoms. The number of hydrogen-bond acceptors (Lipinski definition) is 10. The molecular weight excluding hydrogens is 825 g/mol. The lowest BCUT2D eigenvalue weighted by Crippen LogP contribution is -2.45. The van der Waals surface area contributed by atoms with Gasteiger partial charge in [0.1, 0.15) is 37.0 Å². The maximum atomic E-state index is 14.3. The van der Waals surface area contributed by atoms with Gasteiger partial charge in [-0.05, 0) is 49.2 Å². The van der Waals surface area contributed by atoms with E-state index in [0.717, 1.165) is 23.2 Å². The zero-order valence-electron chi connectivity index (χ0n) is 37.4. The lowest BCUT2D eigenvalue weighted by molar-refractivity contribution is -0.123. The highest BCUT2D eigenvalue weighted by molar-refractivity contribution is 6.76. The maximum absolute atomic E-state index is 14.3. The van der Waals surface area contributed by atoms with E-state index >= 15 is 0 Å². The predicted octanol–water partition coefficient (Wildman–Crippen LogP) is 5.97. The fourth-order valence-corrected chi connectivity index (χ4v) is 9.99. The third kappa shape index (κ3) is 9.58. The summed E-state index contributed by atoms with van der Waals surface area (Å²) >= 11 is 0. The van der Waals surface area contributed by atoms with Crippen molar-refractivity contribution >= 4 is 51.2 Å². The molecule has 2 aromatic rings. The number of carbonyl (C=O) groups excluding carboxylic acids is 4. The summed E-state index contributed by atoms with van der Waals surface area (Å²) in [7, 11) is -0.151. The third-order valence-electron chi connectivity index (χ3n) is 12.1. The van der Waals surface area contributed by atoms with Gasteiger partial charge < -0.3 is 39.0 Å². The van der Waals surface area contributed by atoms with Gasteiger partial charge in [0.25, 0.3) is 23.6 Å². The molecule has 0 aromatic heterocycles. The molecule has 2 saturated heterocycles. The first-order valence-corrected chi connectivity index (χ1v) is 28.6. The zero-order valence-corrected chi connectivity index (χ0v) is 39.4. The molecule has 62 heavy (non-hydrogen) atoms. The number of rotatable bonds is 17. The highest BCUT2D eigenvalue weighted by Crippen LogP contribution is 2.47. The van der Waals surface area contributed by atoms with Gasteiger partial charge in [0.2, 0.25) is 0 Å². The smallest absolute Gasteiger partial charge is 0.257 e. The second-order valence-electron chi connectivity index (χ2n) is 19.2. The van der Waals surface area contributed by atoms with E-state index in [0.29, 0.717) is 26.1 Å². The Labute approximate surface area is 367 Å². The number of nitrogens with zero attached hydrogens (tertiary/aromatic N) is 4. The summed E-state index contributed by atoms with van der Waals surface area (Å²) in [6.07, 6.45) is 3.32. The van der Waals surface area contributed by atoms with E-state index in [4.69, 9.17) is 25.4 Å². The van der Waals surface area contributed by atoms with Gasteiger partial charge in [0, 0.05) is 65.9 Å². The first-order valence-electron chi connectivity index (χ1n) is 21.2. The van der Waals surface area contributed by atoms with E-state index in [-0.39, 0.29) is 89.9 Å². The van der Waals surface area contributed by atoms with Crippen LogP contribution in [0.25, 0.3) is 0 Å². The second-order valence-corrected chi connectivity index (χ2v) is 30.5. The number of amides is 4. The minimum atomic E-state index is -1.53. The minimum Gasteiger partial charge on any atom is -0.496 e. The summed E-state index contributed by atoms with van der Waals surface area (Å²) in [4.78, 5) is 62.9. The molecular formula is C46H62N4O10Si2. The summed E-state index contributed by atoms with van der Waals surface area (Å²) in [6.45, 7) is 22.5. The largest absolute Gasteiger partial charge is 0.496 e. The van der Waals surface area contributed by atoms with Crippen LogP contribution in [0, 0.1) is 18.3 Å². The second kappa shape index (κ2) is 18.5. The fourth-order valence-electron chi connectivity index (χ4n) is 8.48. The number of anilines is 2. The van der Waals surface area contributed by atoms with Gasteiger partial charge in [0.05, 0.1) is 48.9 Å². The summed E-state index contributed by atoms with van der Waals surface area (Å²) in [5.74, 6) is 0.266. The molecule has 0 aliphatic carbocycles. The van der Waals surface area contributed by atoms with Gasteiger partial charge in [-0.25, -0.2) is 0 Å². The molecule has 2 fully saturated rings. The Morgan fingerprint density at radius 3 is 1.44 bits per heavy atom. The van der Waals surface area contributed by atoms with E-state index in [1.807, 2.05) is 0 Å². The maximum Gasteiger partial charge on any atom is 0.257 e. The van der Waals surface area contributed by atoms with Crippen LogP contribution in [0.2, 0.25) is 51.4 Å². The summed E-state index contributed by atoms with van der Waals surface area (Å²) in [6, 6.07) is 6.24. The SMILES string of the molecule is C#CCC(C(O)c1cc2c(cc1OC)C(=O)N1CC(=C)CC1C(=O)N2COCC[Si](C)(C)C)C(O)c1cc2c(cc1OC)C(=O)N1CC(=C)CC1C(=O)N2COCC[Si](C)(C)C. The number of aliphatic hydroxyl groups is 2. The molecule has 4 aliphatic heterocycles. The van der Waals surface area contributed by atoms with Crippen LogP contribution in [0.4, 0.5) is 11.4 Å². The van der Waals surface area contributed by atoms with Gasteiger partial charge in [-0.1, -0.05) is 63.6 Å². The molecule has 14 nitrogen and oxygen atoms in total. The third-order valence-corrected chi connectivity index (χ3v) is 15.5. The van der Waals surface area contributed by atoms with Crippen LogP contribution in [-0.4, -0.2) is 126 Å². The molecule has 0 spiro atoms. The minimum absolute atomic E-state index is 0.132. The number of hydrogen-bond donors (Lipinski definition) is 2. The van der Waals surface area contributed by atoms with Crippen LogP contribution in [0.15, 0.2) is 48.6 Å². The van der Waals surface area contributed by atoms with Crippen LogP contribution in [0.3, 0.4) is 0 Å². The van der Waals surface area contributed by atoms with Crippen LogP contribution < -0.4 is 19.3 Å². The predicted molar refractivity (Wildman–Crippen MR) is 243 cm³/mol. The number of benzene rings is 2. The lowest BCUT2D eigenvalue weighted by Gasteiger charge is -2.31. The van der Waals surface area contributed by atoms with Crippen molar-refractivity contribution in [3.05, 3.63) is 70.8 Å². The zero-order chi connectivity index (χ0) is 45.4. The molecule has 2 aromatic carbocycles. The standard InChI is InChI=1S/C46H62N4O10Si2/c1-12-13-30(41(51)33-20-35-31(22-39(33)57-4)43(53)47-24-28(2)18-37(47)45(55)49(35)26-59-14-16-61(6,7)8)42(52)34-21-36-32(23-40(34)58-5)44(54)48-25-29(3)19-38(48)46(56)50(36)27-60-15-17-62(9,10)11/h1,20-23,30,37-38,41-42,51-52H,2-3,13-19,24-27H2,4-11H3. The molecule has 4 aliphatic rings. The molecule has 334 valence electrons.